The van der Waals surface area contributed by atoms with Crippen LogP contribution in [0, 0.1) is 0 Å². The standard InChI is InChI=1S/C14H19ClN4/c1-4-10-14(15)13(19(3)18-10)9-12(16-2)11-7-5-6-8-17-11/h5-8,12,16H,4,9H2,1-3H3. The summed E-state index contributed by atoms with van der Waals surface area (Å²) in [7, 11) is 3.87. The number of nitrogens with one attached hydrogen (secondary N) is 1. The van der Waals surface area contributed by atoms with Crippen molar-refractivity contribution in [2.75, 3.05) is 7.05 Å². The lowest BCUT2D eigenvalue weighted by Crippen LogP contribution is -2.21. The largest absolute Gasteiger partial charge is 0.311 e. The Bertz CT molecular complexity index is 536. The molecule has 0 saturated carbocycles. The predicted molar refractivity (Wildman–Crippen MR) is 77.3 cm³/mol. The minimum atomic E-state index is 0.138. The molecule has 1 unspecified atom stereocenters. The van der Waals surface area contributed by atoms with Gasteiger partial charge >= 0.3 is 0 Å². The predicted octanol–water partition coefficient (Wildman–Crippen LogP) is 2.53. The number of pyridine rings is 1. The van der Waals surface area contributed by atoms with E-state index in [2.05, 4.69) is 22.3 Å². The molecule has 0 amide bonds. The number of aromatic nitrogens is 3. The van der Waals surface area contributed by atoms with Crippen molar-refractivity contribution in [2.24, 2.45) is 7.05 Å². The topological polar surface area (TPSA) is 42.7 Å². The maximum Gasteiger partial charge on any atom is 0.0850 e. The molecule has 0 aliphatic heterocycles. The van der Waals surface area contributed by atoms with Crippen LogP contribution in [0.25, 0.3) is 0 Å². The molecule has 0 aliphatic rings. The summed E-state index contributed by atoms with van der Waals surface area (Å²) in [6, 6.07) is 6.07. The van der Waals surface area contributed by atoms with Gasteiger partial charge in [0.05, 0.1) is 28.1 Å². The molecule has 0 bridgehead atoms. The molecule has 0 spiro atoms. The van der Waals surface area contributed by atoms with Crippen molar-refractivity contribution in [3.63, 3.8) is 0 Å². The highest BCUT2D eigenvalue weighted by Crippen LogP contribution is 2.25. The molecular formula is C14H19ClN4. The first-order valence-corrected chi connectivity index (χ1v) is 6.83. The van der Waals surface area contributed by atoms with Crippen LogP contribution in [0.3, 0.4) is 0 Å². The van der Waals surface area contributed by atoms with E-state index in [1.165, 1.54) is 0 Å². The van der Waals surface area contributed by atoms with E-state index < -0.39 is 0 Å². The Labute approximate surface area is 118 Å². The molecule has 102 valence electrons. The van der Waals surface area contributed by atoms with E-state index in [1.807, 2.05) is 43.2 Å². The maximum atomic E-state index is 6.39. The summed E-state index contributed by atoms with van der Waals surface area (Å²) in [5.74, 6) is 0. The second kappa shape index (κ2) is 6.17. The van der Waals surface area contributed by atoms with Crippen LogP contribution in [-0.4, -0.2) is 21.8 Å². The van der Waals surface area contributed by atoms with Gasteiger partial charge in [0.15, 0.2) is 0 Å². The lowest BCUT2D eigenvalue weighted by molar-refractivity contribution is 0.549. The van der Waals surface area contributed by atoms with E-state index >= 15 is 0 Å². The molecule has 2 aromatic rings. The zero-order chi connectivity index (χ0) is 13.8. The molecule has 5 heteroatoms. The van der Waals surface area contributed by atoms with E-state index in [-0.39, 0.29) is 6.04 Å². The molecule has 0 aromatic carbocycles. The van der Waals surface area contributed by atoms with Crippen molar-refractivity contribution in [1.29, 1.82) is 0 Å². The average Bonchev–Trinajstić information content (AvgIpc) is 2.72. The summed E-state index contributed by atoms with van der Waals surface area (Å²) in [5, 5.41) is 8.51. The number of halogens is 1. The van der Waals surface area contributed by atoms with Crippen molar-refractivity contribution in [1.82, 2.24) is 20.1 Å². The molecule has 19 heavy (non-hydrogen) atoms. The van der Waals surface area contributed by atoms with Crippen molar-refractivity contribution in [3.8, 4) is 0 Å². The van der Waals surface area contributed by atoms with E-state index in [9.17, 15) is 0 Å². The van der Waals surface area contributed by atoms with Gasteiger partial charge < -0.3 is 5.32 Å². The number of hydrogen-bond donors (Lipinski definition) is 1. The molecular weight excluding hydrogens is 260 g/mol. The third kappa shape index (κ3) is 2.96. The Balaban J connectivity index is 2.26. The number of likely N-dealkylation sites (N-methyl/N-ethyl adjacent to an activating group) is 1. The van der Waals surface area contributed by atoms with E-state index in [0.29, 0.717) is 0 Å². The average molecular weight is 279 g/mol. The van der Waals surface area contributed by atoms with Crippen LogP contribution < -0.4 is 5.32 Å². The van der Waals surface area contributed by atoms with Crippen LogP contribution in [0.5, 0.6) is 0 Å². The molecule has 1 atom stereocenters. The Kier molecular flexibility index (Phi) is 4.56. The van der Waals surface area contributed by atoms with Gasteiger partial charge in [-0.2, -0.15) is 5.10 Å². The second-order valence-corrected chi connectivity index (χ2v) is 4.86. The Hall–Kier alpha value is -1.39. The molecule has 0 fully saturated rings. The van der Waals surface area contributed by atoms with Crippen molar-refractivity contribution >= 4 is 11.6 Å². The summed E-state index contributed by atoms with van der Waals surface area (Å²) in [5.41, 5.74) is 3.01. The van der Waals surface area contributed by atoms with Gasteiger partial charge in [-0.3, -0.25) is 9.67 Å². The highest BCUT2D eigenvalue weighted by molar-refractivity contribution is 6.31. The minimum Gasteiger partial charge on any atom is -0.311 e. The smallest absolute Gasteiger partial charge is 0.0850 e. The van der Waals surface area contributed by atoms with Gasteiger partial charge in [-0.25, -0.2) is 0 Å². The van der Waals surface area contributed by atoms with Crippen LogP contribution in [0.2, 0.25) is 5.02 Å². The number of hydrogen-bond acceptors (Lipinski definition) is 3. The molecule has 0 aliphatic carbocycles. The second-order valence-electron chi connectivity index (χ2n) is 4.48. The molecule has 0 radical (unpaired) electrons. The fraction of sp³-hybridized carbons (Fsp3) is 0.429. The summed E-state index contributed by atoms with van der Waals surface area (Å²) in [6.45, 7) is 2.06. The van der Waals surface area contributed by atoms with Gasteiger partial charge in [0.2, 0.25) is 0 Å². The third-order valence-corrected chi connectivity index (χ3v) is 3.73. The van der Waals surface area contributed by atoms with Gasteiger partial charge in [0, 0.05) is 19.7 Å². The van der Waals surface area contributed by atoms with Crippen LogP contribution in [0.15, 0.2) is 24.4 Å². The molecule has 4 nitrogen and oxygen atoms in total. The lowest BCUT2D eigenvalue weighted by atomic mass is 10.1. The monoisotopic (exact) mass is 278 g/mol. The van der Waals surface area contributed by atoms with Crippen molar-refractivity contribution in [3.05, 3.63) is 46.5 Å². The maximum absolute atomic E-state index is 6.39. The van der Waals surface area contributed by atoms with E-state index in [1.54, 1.807) is 0 Å². The lowest BCUT2D eigenvalue weighted by Gasteiger charge is -2.15. The molecule has 0 saturated heterocycles. The quantitative estimate of drug-likeness (QED) is 0.914. The zero-order valence-corrected chi connectivity index (χ0v) is 12.3. The highest BCUT2D eigenvalue weighted by Gasteiger charge is 2.18. The third-order valence-electron chi connectivity index (χ3n) is 3.29. The van der Waals surface area contributed by atoms with Crippen molar-refractivity contribution < 1.29 is 0 Å². The van der Waals surface area contributed by atoms with Crippen LogP contribution in [0.1, 0.15) is 30.0 Å². The van der Waals surface area contributed by atoms with Gasteiger partial charge in [0.25, 0.3) is 0 Å². The van der Waals surface area contributed by atoms with E-state index in [0.717, 1.165) is 34.9 Å². The molecule has 1 N–H and O–H groups in total. The summed E-state index contributed by atoms with van der Waals surface area (Å²) in [6.07, 6.45) is 3.43. The van der Waals surface area contributed by atoms with Gasteiger partial charge in [-0.05, 0) is 25.6 Å². The Morgan fingerprint density at radius 2 is 2.21 bits per heavy atom. The normalized spacial score (nSPS) is 12.6. The van der Waals surface area contributed by atoms with Crippen LogP contribution >= 0.6 is 11.6 Å². The van der Waals surface area contributed by atoms with Gasteiger partial charge in [0.1, 0.15) is 0 Å². The van der Waals surface area contributed by atoms with Crippen LogP contribution in [-0.2, 0) is 19.9 Å². The van der Waals surface area contributed by atoms with Gasteiger partial charge in [-0.15, -0.1) is 0 Å². The SMILES string of the molecule is CCc1nn(C)c(CC(NC)c2ccccn2)c1Cl. The fourth-order valence-electron chi connectivity index (χ4n) is 2.17. The summed E-state index contributed by atoms with van der Waals surface area (Å²) >= 11 is 6.39. The Morgan fingerprint density at radius 3 is 2.74 bits per heavy atom. The highest BCUT2D eigenvalue weighted by atomic mass is 35.5. The Morgan fingerprint density at radius 1 is 1.42 bits per heavy atom. The molecule has 2 rings (SSSR count). The number of aryl methyl sites for hydroxylation is 2. The number of rotatable bonds is 5. The zero-order valence-electron chi connectivity index (χ0n) is 11.5. The first kappa shape index (κ1) is 14.0. The van der Waals surface area contributed by atoms with Crippen molar-refractivity contribution in [2.45, 2.75) is 25.8 Å². The summed E-state index contributed by atoms with van der Waals surface area (Å²) in [4.78, 5) is 4.40. The molecule has 2 aromatic heterocycles. The van der Waals surface area contributed by atoms with Crippen LogP contribution in [0.4, 0.5) is 0 Å². The van der Waals surface area contributed by atoms with Gasteiger partial charge in [-0.1, -0.05) is 24.6 Å². The first-order valence-electron chi connectivity index (χ1n) is 6.45. The summed E-state index contributed by atoms with van der Waals surface area (Å²) < 4.78 is 1.87. The van der Waals surface area contributed by atoms with E-state index in [4.69, 9.17) is 11.6 Å². The minimum absolute atomic E-state index is 0.138. The number of nitrogens with zero attached hydrogens (tertiary/aromatic N) is 3. The first-order chi connectivity index (χ1) is 9.17. The molecule has 2 heterocycles. The fourth-order valence-corrected chi connectivity index (χ4v) is 2.54.